The molecule has 0 radical (unpaired) electrons. The molecule has 0 bridgehead atoms. The molecule has 0 atom stereocenters. The summed E-state index contributed by atoms with van der Waals surface area (Å²) in [4.78, 5) is 9.92. The molecule has 0 saturated heterocycles. The lowest BCUT2D eigenvalue weighted by atomic mass is 10.4. The van der Waals surface area contributed by atoms with Crippen LogP contribution in [0.3, 0.4) is 0 Å². The van der Waals surface area contributed by atoms with Crippen LogP contribution in [0.2, 0.25) is 0 Å². The molecule has 1 amide bonds. The first-order valence-electron chi connectivity index (χ1n) is 3.52. The lowest BCUT2D eigenvalue weighted by Crippen LogP contribution is -2.23. The van der Waals surface area contributed by atoms with Crippen LogP contribution in [-0.4, -0.2) is 37.5 Å². The molecule has 0 aliphatic heterocycles. The highest BCUT2D eigenvalue weighted by atomic mass is 16.5. The van der Waals surface area contributed by atoms with Crippen LogP contribution >= 0.6 is 0 Å². The minimum atomic E-state index is -0.996. The van der Waals surface area contributed by atoms with E-state index < -0.39 is 6.09 Å². The van der Waals surface area contributed by atoms with Gasteiger partial charge in [-0.2, -0.15) is 0 Å². The highest BCUT2D eigenvalue weighted by Gasteiger charge is 1.92. The lowest BCUT2D eigenvalue weighted by Gasteiger charge is -2.01. The fourth-order valence-electron chi connectivity index (χ4n) is 0.555. The highest BCUT2D eigenvalue weighted by molar-refractivity contribution is 5.64. The second-order valence-corrected chi connectivity index (χ2v) is 1.99. The van der Waals surface area contributed by atoms with E-state index in [-0.39, 0.29) is 0 Å². The van der Waals surface area contributed by atoms with Gasteiger partial charge in [0, 0.05) is 19.7 Å². The van der Waals surface area contributed by atoms with Crippen molar-refractivity contribution in [2.75, 3.05) is 26.3 Å². The number of ether oxygens (including phenoxy) is 1. The number of hydrogen-bond donors (Lipinski definition) is 3. The summed E-state index contributed by atoms with van der Waals surface area (Å²) in [6.07, 6.45) is -0.310. The van der Waals surface area contributed by atoms with Gasteiger partial charge >= 0.3 is 6.09 Å². The average molecular weight is 162 g/mol. The molecular formula is C6H14N2O3. The Hall–Kier alpha value is -0.810. The summed E-state index contributed by atoms with van der Waals surface area (Å²) in [5.74, 6) is 0. The fourth-order valence-corrected chi connectivity index (χ4v) is 0.555. The second-order valence-electron chi connectivity index (χ2n) is 1.99. The monoisotopic (exact) mass is 162 g/mol. The maximum absolute atomic E-state index is 9.92. The Labute approximate surface area is 65.5 Å². The van der Waals surface area contributed by atoms with E-state index in [4.69, 9.17) is 15.6 Å². The van der Waals surface area contributed by atoms with Gasteiger partial charge in [0.1, 0.15) is 0 Å². The summed E-state index contributed by atoms with van der Waals surface area (Å²) in [7, 11) is 0. The molecule has 5 nitrogen and oxygen atoms in total. The van der Waals surface area contributed by atoms with Gasteiger partial charge in [-0.15, -0.1) is 0 Å². The normalized spacial score (nSPS) is 9.55. The minimum Gasteiger partial charge on any atom is -0.465 e. The van der Waals surface area contributed by atoms with Crippen molar-refractivity contribution in [1.29, 1.82) is 0 Å². The molecule has 0 aliphatic rings. The van der Waals surface area contributed by atoms with Gasteiger partial charge in [-0.1, -0.05) is 0 Å². The molecule has 0 spiro atoms. The zero-order valence-corrected chi connectivity index (χ0v) is 6.38. The first-order valence-corrected chi connectivity index (χ1v) is 3.52. The maximum Gasteiger partial charge on any atom is 0.404 e. The highest BCUT2D eigenvalue weighted by Crippen LogP contribution is 1.79. The number of amides is 1. The molecule has 66 valence electrons. The van der Waals surface area contributed by atoms with E-state index >= 15 is 0 Å². The predicted octanol–water partition coefficient (Wildman–Crippen LogP) is -0.381. The van der Waals surface area contributed by atoms with Crippen molar-refractivity contribution in [1.82, 2.24) is 5.32 Å². The number of nitrogens with one attached hydrogen (secondary N) is 1. The Morgan fingerprint density at radius 1 is 1.55 bits per heavy atom. The van der Waals surface area contributed by atoms with Gasteiger partial charge in [0.25, 0.3) is 0 Å². The van der Waals surface area contributed by atoms with Crippen LogP contribution in [0.25, 0.3) is 0 Å². The quantitative estimate of drug-likeness (QED) is 0.465. The molecular weight excluding hydrogens is 148 g/mol. The van der Waals surface area contributed by atoms with Crippen LogP contribution in [0.15, 0.2) is 0 Å². The molecule has 0 rings (SSSR count). The summed E-state index contributed by atoms with van der Waals surface area (Å²) in [5.41, 5.74) is 5.16. The molecule has 0 aliphatic carbocycles. The van der Waals surface area contributed by atoms with Gasteiger partial charge in [-0.05, 0) is 6.42 Å². The zero-order chi connectivity index (χ0) is 8.53. The second kappa shape index (κ2) is 7.30. The Morgan fingerprint density at radius 3 is 2.82 bits per heavy atom. The maximum atomic E-state index is 9.92. The van der Waals surface area contributed by atoms with Gasteiger partial charge in [0.15, 0.2) is 0 Å². The Morgan fingerprint density at radius 2 is 2.27 bits per heavy atom. The molecule has 0 aromatic rings. The number of rotatable bonds is 6. The number of carbonyl (C=O) groups is 1. The molecule has 5 heteroatoms. The summed E-state index contributed by atoms with van der Waals surface area (Å²) in [6.45, 7) is 2.02. The van der Waals surface area contributed by atoms with Crippen LogP contribution in [0.5, 0.6) is 0 Å². The van der Waals surface area contributed by atoms with Crippen LogP contribution < -0.4 is 11.1 Å². The van der Waals surface area contributed by atoms with Gasteiger partial charge in [0.2, 0.25) is 0 Å². The standard InChI is InChI=1S/C6H14N2O3/c7-2-5-11-4-1-3-8-6(9)10/h8H,1-5,7H2,(H,9,10). The van der Waals surface area contributed by atoms with Crippen molar-refractivity contribution >= 4 is 6.09 Å². The summed E-state index contributed by atoms with van der Waals surface area (Å²) < 4.78 is 5.01. The van der Waals surface area contributed by atoms with Gasteiger partial charge in [0.05, 0.1) is 6.61 Å². The third-order valence-corrected chi connectivity index (χ3v) is 1.00. The van der Waals surface area contributed by atoms with Crippen LogP contribution in [-0.2, 0) is 4.74 Å². The van der Waals surface area contributed by atoms with Crippen LogP contribution in [0, 0.1) is 0 Å². The van der Waals surface area contributed by atoms with Crippen molar-refractivity contribution < 1.29 is 14.6 Å². The lowest BCUT2D eigenvalue weighted by molar-refractivity contribution is 0.138. The predicted molar refractivity (Wildman–Crippen MR) is 40.5 cm³/mol. The minimum absolute atomic E-state index is 0.430. The van der Waals surface area contributed by atoms with Gasteiger partial charge < -0.3 is 20.9 Å². The average Bonchev–Trinajstić information content (AvgIpc) is 1.96. The summed E-state index contributed by atoms with van der Waals surface area (Å²) >= 11 is 0. The molecule has 0 unspecified atom stereocenters. The van der Waals surface area contributed by atoms with Gasteiger partial charge in [-0.3, -0.25) is 0 Å². The smallest absolute Gasteiger partial charge is 0.404 e. The topological polar surface area (TPSA) is 84.6 Å². The van der Waals surface area contributed by atoms with Crippen LogP contribution in [0.4, 0.5) is 4.79 Å². The number of nitrogens with two attached hydrogens (primary N) is 1. The van der Waals surface area contributed by atoms with E-state index in [0.29, 0.717) is 32.7 Å². The molecule has 0 aromatic heterocycles. The molecule has 0 saturated carbocycles. The van der Waals surface area contributed by atoms with E-state index in [1.165, 1.54) is 0 Å². The summed E-state index contributed by atoms with van der Waals surface area (Å²) in [6, 6.07) is 0. The van der Waals surface area contributed by atoms with E-state index in [2.05, 4.69) is 5.32 Å². The third kappa shape index (κ3) is 9.19. The Kier molecular flexibility index (Phi) is 6.76. The van der Waals surface area contributed by atoms with Crippen molar-refractivity contribution in [3.63, 3.8) is 0 Å². The van der Waals surface area contributed by atoms with Crippen LogP contribution in [0.1, 0.15) is 6.42 Å². The SMILES string of the molecule is NCCOCCCNC(=O)O. The van der Waals surface area contributed by atoms with Crippen molar-refractivity contribution in [2.24, 2.45) is 5.73 Å². The first kappa shape index (κ1) is 10.2. The summed E-state index contributed by atoms with van der Waals surface area (Å²) in [5, 5.41) is 10.4. The zero-order valence-electron chi connectivity index (χ0n) is 6.38. The first-order chi connectivity index (χ1) is 5.27. The van der Waals surface area contributed by atoms with Crippen molar-refractivity contribution in [2.45, 2.75) is 6.42 Å². The van der Waals surface area contributed by atoms with E-state index in [1.54, 1.807) is 0 Å². The van der Waals surface area contributed by atoms with Crippen molar-refractivity contribution in [3.8, 4) is 0 Å². The largest absolute Gasteiger partial charge is 0.465 e. The number of hydrogen-bond acceptors (Lipinski definition) is 3. The fraction of sp³-hybridized carbons (Fsp3) is 0.833. The van der Waals surface area contributed by atoms with E-state index in [9.17, 15) is 4.79 Å². The van der Waals surface area contributed by atoms with Gasteiger partial charge in [-0.25, -0.2) is 4.79 Å². The van der Waals surface area contributed by atoms with E-state index in [1.807, 2.05) is 0 Å². The number of carboxylic acid groups (broad SMARTS) is 1. The molecule has 11 heavy (non-hydrogen) atoms. The van der Waals surface area contributed by atoms with E-state index in [0.717, 1.165) is 0 Å². The molecule has 4 N–H and O–H groups in total. The Balaban J connectivity index is 2.85. The molecule has 0 heterocycles. The third-order valence-electron chi connectivity index (χ3n) is 1.00. The van der Waals surface area contributed by atoms with Crippen molar-refractivity contribution in [3.05, 3.63) is 0 Å². The molecule has 0 fully saturated rings. The Bertz CT molecular complexity index is 108. The molecule has 0 aromatic carbocycles.